The highest BCUT2D eigenvalue weighted by Gasteiger charge is 2.32. The number of nitrogens with zero attached hydrogens (tertiary/aromatic N) is 4. The second-order valence-corrected chi connectivity index (χ2v) is 10.3. The summed E-state index contributed by atoms with van der Waals surface area (Å²) in [6.45, 7) is 7.92. The van der Waals surface area contributed by atoms with Crippen LogP contribution in [0.5, 0.6) is 0 Å². The largest absolute Gasteiger partial charge is 0.444 e. The third-order valence-electron chi connectivity index (χ3n) is 6.32. The van der Waals surface area contributed by atoms with Crippen molar-refractivity contribution in [1.82, 2.24) is 14.7 Å². The number of carbonyl (C=O) groups is 2. The van der Waals surface area contributed by atoms with E-state index in [0.29, 0.717) is 54.1 Å². The highest BCUT2D eigenvalue weighted by Crippen LogP contribution is 2.33. The number of nitrogens with one attached hydrogen (secondary N) is 1. The number of nitro groups is 1. The van der Waals surface area contributed by atoms with Gasteiger partial charge in [0.05, 0.1) is 28.1 Å². The average Bonchev–Trinajstić information content (AvgIpc) is 3.31. The van der Waals surface area contributed by atoms with E-state index in [1.165, 1.54) is 24.4 Å². The van der Waals surface area contributed by atoms with Crippen LogP contribution in [0.25, 0.3) is 5.69 Å². The molecule has 0 unspecified atom stereocenters. The topological polar surface area (TPSA) is 120 Å². The highest BCUT2D eigenvalue weighted by atomic mass is 19.1. The lowest BCUT2D eigenvalue weighted by Crippen LogP contribution is -2.41. The Labute approximate surface area is 219 Å². The lowest BCUT2D eigenvalue weighted by molar-refractivity contribution is -0.384. The molecule has 10 nitrogen and oxygen atoms in total. The fraction of sp³-hybridized carbons (Fsp3) is 0.370. The van der Waals surface area contributed by atoms with Gasteiger partial charge in [-0.05, 0) is 70.4 Å². The van der Waals surface area contributed by atoms with Crippen LogP contribution in [0.4, 0.5) is 20.6 Å². The van der Waals surface area contributed by atoms with Crippen molar-refractivity contribution in [3.05, 3.63) is 81.4 Å². The lowest BCUT2D eigenvalue weighted by Gasteiger charge is -2.34. The maximum absolute atomic E-state index is 14.1. The van der Waals surface area contributed by atoms with Gasteiger partial charge in [-0.15, -0.1) is 0 Å². The maximum Gasteiger partial charge on any atom is 0.410 e. The minimum atomic E-state index is -0.608. The smallest absolute Gasteiger partial charge is 0.410 e. The molecule has 200 valence electrons. The maximum atomic E-state index is 14.1. The summed E-state index contributed by atoms with van der Waals surface area (Å²) < 4.78 is 21.2. The first kappa shape index (κ1) is 26.8. The van der Waals surface area contributed by atoms with Crippen LogP contribution in [0.2, 0.25) is 0 Å². The van der Waals surface area contributed by atoms with E-state index in [1.807, 2.05) is 20.8 Å². The zero-order valence-electron chi connectivity index (χ0n) is 21.7. The van der Waals surface area contributed by atoms with Crippen LogP contribution in [0.1, 0.15) is 61.1 Å². The van der Waals surface area contributed by atoms with Crippen LogP contribution in [0.3, 0.4) is 0 Å². The average molecular weight is 524 g/mol. The van der Waals surface area contributed by atoms with Crippen LogP contribution in [-0.4, -0.2) is 50.3 Å². The van der Waals surface area contributed by atoms with Crippen molar-refractivity contribution in [3.63, 3.8) is 0 Å². The molecule has 11 heteroatoms. The molecule has 1 fully saturated rings. The normalized spacial score (nSPS) is 14.3. The number of piperidine rings is 1. The summed E-state index contributed by atoms with van der Waals surface area (Å²) in [5.74, 6) is -1.02. The Balaban J connectivity index is 1.64. The molecular weight excluding hydrogens is 493 g/mol. The van der Waals surface area contributed by atoms with E-state index in [4.69, 9.17) is 4.74 Å². The van der Waals surface area contributed by atoms with Crippen molar-refractivity contribution in [1.29, 1.82) is 0 Å². The van der Waals surface area contributed by atoms with Crippen LogP contribution in [0, 0.1) is 22.9 Å². The Morgan fingerprint density at radius 2 is 1.79 bits per heavy atom. The second kappa shape index (κ2) is 10.6. The molecule has 4 rings (SSSR count). The number of carbonyl (C=O) groups excluding carboxylic acids is 2. The third kappa shape index (κ3) is 5.99. The van der Waals surface area contributed by atoms with E-state index < -0.39 is 22.2 Å². The zero-order valence-corrected chi connectivity index (χ0v) is 21.7. The van der Waals surface area contributed by atoms with E-state index in [1.54, 1.807) is 40.8 Å². The van der Waals surface area contributed by atoms with Crippen LogP contribution < -0.4 is 5.32 Å². The molecule has 3 aromatic rings. The van der Waals surface area contributed by atoms with Crippen LogP contribution in [-0.2, 0) is 4.74 Å². The third-order valence-corrected chi connectivity index (χ3v) is 6.32. The van der Waals surface area contributed by atoms with Gasteiger partial charge in [0.1, 0.15) is 11.4 Å². The molecule has 0 spiro atoms. The minimum Gasteiger partial charge on any atom is -0.444 e. The number of hydrogen-bond donors (Lipinski definition) is 1. The number of aromatic nitrogens is 2. The van der Waals surface area contributed by atoms with Gasteiger partial charge in [-0.3, -0.25) is 14.9 Å². The second-order valence-electron chi connectivity index (χ2n) is 10.3. The zero-order chi connectivity index (χ0) is 27.6. The summed E-state index contributed by atoms with van der Waals surface area (Å²) in [6, 6.07) is 10.4. The molecule has 2 amide bonds. The number of rotatable bonds is 5. The van der Waals surface area contributed by atoms with E-state index in [0.717, 1.165) is 0 Å². The quantitative estimate of drug-likeness (QED) is 0.344. The van der Waals surface area contributed by atoms with Gasteiger partial charge in [0.15, 0.2) is 0 Å². The van der Waals surface area contributed by atoms with Gasteiger partial charge in [-0.25, -0.2) is 13.9 Å². The molecule has 0 radical (unpaired) electrons. The number of amides is 2. The molecule has 1 aliphatic rings. The fourth-order valence-electron chi connectivity index (χ4n) is 4.38. The van der Waals surface area contributed by atoms with Gasteiger partial charge in [0.25, 0.3) is 11.6 Å². The molecule has 0 bridgehead atoms. The predicted octanol–water partition coefficient (Wildman–Crippen LogP) is 5.59. The van der Waals surface area contributed by atoms with Gasteiger partial charge in [0.2, 0.25) is 0 Å². The number of likely N-dealkylation sites (tertiary alicyclic amines) is 1. The number of aryl methyl sites for hydroxylation is 1. The molecule has 1 aromatic heterocycles. The Bertz CT molecular complexity index is 1360. The predicted molar refractivity (Wildman–Crippen MR) is 139 cm³/mol. The minimum absolute atomic E-state index is 0.0625. The molecule has 0 aliphatic carbocycles. The Kier molecular flexibility index (Phi) is 7.47. The van der Waals surface area contributed by atoms with Crippen molar-refractivity contribution in [2.45, 2.75) is 52.1 Å². The van der Waals surface area contributed by atoms with Crippen molar-refractivity contribution in [2.75, 3.05) is 18.4 Å². The van der Waals surface area contributed by atoms with Crippen molar-refractivity contribution < 1.29 is 23.6 Å². The van der Waals surface area contributed by atoms with Crippen LogP contribution in [0.15, 0.2) is 48.7 Å². The number of benzene rings is 2. The molecule has 2 aromatic carbocycles. The molecule has 2 heterocycles. The summed E-state index contributed by atoms with van der Waals surface area (Å²) in [5, 5.41) is 18.3. The monoisotopic (exact) mass is 523 g/mol. The van der Waals surface area contributed by atoms with Crippen molar-refractivity contribution in [3.8, 4) is 5.69 Å². The lowest BCUT2D eigenvalue weighted by atomic mass is 9.90. The molecule has 38 heavy (non-hydrogen) atoms. The number of hydrogen-bond acceptors (Lipinski definition) is 6. The SMILES string of the molecule is Cc1ccc(NC(=O)c2cnn(-c3ccc([N+](=O)[O-])cc3)c2C2CCN(C(=O)OC(C)(C)C)CC2)cc1F. The van der Waals surface area contributed by atoms with Gasteiger partial charge in [0, 0.05) is 36.8 Å². The summed E-state index contributed by atoms with van der Waals surface area (Å²) in [6.07, 6.45) is 2.16. The first-order valence-corrected chi connectivity index (χ1v) is 12.3. The number of nitro benzene ring substituents is 1. The van der Waals surface area contributed by atoms with Crippen LogP contribution >= 0.6 is 0 Å². The number of anilines is 1. The summed E-state index contributed by atoms with van der Waals surface area (Å²) in [7, 11) is 0. The Morgan fingerprint density at radius 3 is 2.37 bits per heavy atom. The summed E-state index contributed by atoms with van der Waals surface area (Å²) in [4.78, 5) is 38.1. The van der Waals surface area contributed by atoms with Gasteiger partial charge < -0.3 is 15.0 Å². The van der Waals surface area contributed by atoms with E-state index >= 15 is 0 Å². The Morgan fingerprint density at radius 1 is 1.13 bits per heavy atom. The summed E-state index contributed by atoms with van der Waals surface area (Å²) in [5.41, 5.74) is 1.59. The molecule has 0 atom stereocenters. The van der Waals surface area contributed by atoms with Crippen molar-refractivity contribution >= 4 is 23.4 Å². The summed E-state index contributed by atoms with van der Waals surface area (Å²) >= 11 is 0. The number of ether oxygens (including phenoxy) is 1. The molecule has 1 saturated heterocycles. The molecule has 1 aliphatic heterocycles. The van der Waals surface area contributed by atoms with E-state index in [-0.39, 0.29) is 17.7 Å². The number of halogens is 1. The molecule has 1 N–H and O–H groups in total. The number of non-ortho nitro benzene ring substituents is 1. The van der Waals surface area contributed by atoms with Gasteiger partial charge in [-0.2, -0.15) is 5.10 Å². The van der Waals surface area contributed by atoms with Crippen molar-refractivity contribution in [2.24, 2.45) is 0 Å². The van der Waals surface area contributed by atoms with Gasteiger partial charge in [-0.1, -0.05) is 6.07 Å². The standard InChI is InChI=1S/C27H30FN5O5/c1-17-5-6-19(15-23(17)28)30-25(34)22-16-29-32(20-7-9-21(10-8-20)33(36)37)24(22)18-11-13-31(14-12-18)26(35)38-27(2,3)4/h5-10,15-16,18H,11-14H2,1-4H3,(H,30,34). The molecule has 0 saturated carbocycles. The first-order valence-electron chi connectivity index (χ1n) is 12.3. The van der Waals surface area contributed by atoms with E-state index in [2.05, 4.69) is 10.4 Å². The fourth-order valence-corrected chi connectivity index (χ4v) is 4.38. The Hall–Kier alpha value is -4.28. The molecular formula is C27H30FN5O5. The highest BCUT2D eigenvalue weighted by molar-refractivity contribution is 6.05. The van der Waals surface area contributed by atoms with Gasteiger partial charge >= 0.3 is 6.09 Å². The first-order chi connectivity index (χ1) is 17.9. The van der Waals surface area contributed by atoms with E-state index in [9.17, 15) is 24.1 Å².